The van der Waals surface area contributed by atoms with E-state index in [2.05, 4.69) is 69.4 Å². The van der Waals surface area contributed by atoms with Gasteiger partial charge in [0.05, 0.1) is 6.61 Å². The van der Waals surface area contributed by atoms with Gasteiger partial charge in [0, 0.05) is 19.4 Å². The Labute approximate surface area is 437 Å². The minimum absolute atomic E-state index is 0.0845. The molecule has 0 saturated carbocycles. The monoisotopic (exact) mass is 981 g/mol. The van der Waals surface area contributed by atoms with E-state index >= 15 is 0 Å². The normalized spacial score (nSPS) is 12.4. The van der Waals surface area contributed by atoms with E-state index in [0.717, 1.165) is 64.2 Å². The molecule has 5 heteroatoms. The Morgan fingerprint density at radius 1 is 0.329 bits per heavy atom. The van der Waals surface area contributed by atoms with Gasteiger partial charge in [-0.1, -0.05) is 288 Å². The number of unbranched alkanes of at least 4 members (excludes halogenated alkanes) is 39. The molecule has 70 heavy (non-hydrogen) atoms. The molecule has 0 aromatic carbocycles. The topological polar surface area (TPSA) is 61.8 Å². The number of esters is 2. The van der Waals surface area contributed by atoms with Crippen molar-refractivity contribution in [3.05, 3.63) is 48.6 Å². The van der Waals surface area contributed by atoms with Crippen LogP contribution >= 0.6 is 0 Å². The average Bonchev–Trinajstić information content (AvgIpc) is 3.36. The highest BCUT2D eigenvalue weighted by atomic mass is 16.6. The van der Waals surface area contributed by atoms with Gasteiger partial charge < -0.3 is 14.2 Å². The van der Waals surface area contributed by atoms with E-state index in [9.17, 15) is 9.59 Å². The molecule has 0 aromatic heterocycles. The first-order valence-electron chi connectivity index (χ1n) is 31.2. The SMILES string of the molecule is CC/C=C\C/C=C\C/C=C\CCCCCCCCCC(=O)OC(COCCCCCCCCCCCCCCCCCCCC)COC(=O)CCCCCCCCCCC/C=C\CCCCCCCC. The predicted molar refractivity (Wildman–Crippen MR) is 307 cm³/mol. The van der Waals surface area contributed by atoms with Crippen LogP contribution in [0.3, 0.4) is 0 Å². The summed E-state index contributed by atoms with van der Waals surface area (Å²) in [5.41, 5.74) is 0. The summed E-state index contributed by atoms with van der Waals surface area (Å²) in [4.78, 5) is 25.6. The molecule has 0 aliphatic carbocycles. The van der Waals surface area contributed by atoms with Crippen LogP contribution in [0.25, 0.3) is 0 Å². The fraction of sp³-hybridized carbons (Fsp3) is 0.846. The third-order valence-corrected chi connectivity index (χ3v) is 13.8. The number of rotatable bonds is 58. The zero-order chi connectivity index (χ0) is 50.6. The van der Waals surface area contributed by atoms with Gasteiger partial charge in [-0.2, -0.15) is 0 Å². The summed E-state index contributed by atoms with van der Waals surface area (Å²) in [6, 6.07) is 0. The zero-order valence-corrected chi connectivity index (χ0v) is 47.3. The van der Waals surface area contributed by atoms with E-state index < -0.39 is 6.10 Å². The number of carbonyl (C=O) groups is 2. The van der Waals surface area contributed by atoms with Crippen LogP contribution in [0, 0.1) is 0 Å². The molecule has 0 amide bonds. The van der Waals surface area contributed by atoms with Crippen molar-refractivity contribution in [2.75, 3.05) is 19.8 Å². The number of allylic oxidation sites excluding steroid dienone is 8. The van der Waals surface area contributed by atoms with Gasteiger partial charge in [0.25, 0.3) is 0 Å². The molecule has 1 atom stereocenters. The Morgan fingerprint density at radius 2 is 0.643 bits per heavy atom. The van der Waals surface area contributed by atoms with Crippen LogP contribution < -0.4 is 0 Å². The Kier molecular flexibility index (Phi) is 59.3. The van der Waals surface area contributed by atoms with E-state index in [1.165, 1.54) is 231 Å². The molecule has 0 radical (unpaired) electrons. The molecule has 0 spiro atoms. The number of ether oxygens (including phenoxy) is 3. The number of hydrogen-bond acceptors (Lipinski definition) is 5. The average molecular weight is 982 g/mol. The fourth-order valence-electron chi connectivity index (χ4n) is 9.23. The molecule has 0 aromatic rings. The lowest BCUT2D eigenvalue weighted by Gasteiger charge is -2.18. The van der Waals surface area contributed by atoms with Crippen molar-refractivity contribution in [2.24, 2.45) is 0 Å². The Balaban J connectivity index is 4.25. The van der Waals surface area contributed by atoms with E-state index in [-0.39, 0.29) is 25.2 Å². The maximum absolute atomic E-state index is 12.9. The van der Waals surface area contributed by atoms with E-state index in [1.807, 2.05) is 0 Å². The van der Waals surface area contributed by atoms with Crippen molar-refractivity contribution in [1.29, 1.82) is 0 Å². The summed E-state index contributed by atoms with van der Waals surface area (Å²) in [7, 11) is 0. The lowest BCUT2D eigenvalue weighted by molar-refractivity contribution is -0.163. The zero-order valence-electron chi connectivity index (χ0n) is 47.3. The van der Waals surface area contributed by atoms with Crippen LogP contribution in [-0.2, 0) is 23.8 Å². The summed E-state index contributed by atoms with van der Waals surface area (Å²) in [5.74, 6) is -0.391. The third kappa shape index (κ3) is 58.4. The third-order valence-electron chi connectivity index (χ3n) is 13.8. The highest BCUT2D eigenvalue weighted by molar-refractivity contribution is 5.70. The van der Waals surface area contributed by atoms with Gasteiger partial charge in [0.1, 0.15) is 6.61 Å². The maximum atomic E-state index is 12.9. The first-order chi connectivity index (χ1) is 34.6. The van der Waals surface area contributed by atoms with Crippen molar-refractivity contribution in [2.45, 2.75) is 335 Å². The molecular formula is C65H120O5. The van der Waals surface area contributed by atoms with Crippen molar-refractivity contribution >= 4 is 11.9 Å². The summed E-state index contributed by atoms with van der Waals surface area (Å²) < 4.78 is 17.5. The molecule has 0 heterocycles. The van der Waals surface area contributed by atoms with Crippen molar-refractivity contribution < 1.29 is 23.8 Å². The molecule has 0 aliphatic rings. The van der Waals surface area contributed by atoms with Crippen molar-refractivity contribution in [3.8, 4) is 0 Å². The minimum atomic E-state index is -0.541. The first kappa shape index (κ1) is 67.9. The van der Waals surface area contributed by atoms with Gasteiger partial charge in [-0.25, -0.2) is 0 Å². The summed E-state index contributed by atoms with van der Waals surface area (Å²) in [5, 5.41) is 0. The van der Waals surface area contributed by atoms with Crippen LogP contribution in [-0.4, -0.2) is 37.9 Å². The van der Waals surface area contributed by atoms with E-state index in [1.54, 1.807) is 0 Å². The lowest BCUT2D eigenvalue weighted by atomic mass is 10.0. The standard InChI is InChI=1S/C65H120O5/c1-4-7-10-13-16-19-22-25-28-31-33-35-37-40-43-46-49-52-55-58-64(66)69-62-63(61-68-60-57-54-51-48-45-42-39-36-32-29-26-23-20-17-14-11-8-5-2)70-65(67)59-56-53-50-47-44-41-38-34-30-27-24-21-18-15-12-9-6-3/h9,12,18,21,25,27-28,30,63H,4-8,10-11,13-17,19-20,22-24,26,29,31-62H2,1-3H3/b12-9-,21-18-,28-25-,30-27-. The van der Waals surface area contributed by atoms with Crippen LogP contribution in [0.15, 0.2) is 48.6 Å². The second kappa shape index (κ2) is 61.2. The Morgan fingerprint density at radius 3 is 1.04 bits per heavy atom. The molecule has 0 N–H and O–H groups in total. The summed E-state index contributed by atoms with van der Waals surface area (Å²) in [6.07, 6.45) is 77.1. The van der Waals surface area contributed by atoms with Crippen molar-refractivity contribution in [1.82, 2.24) is 0 Å². The fourth-order valence-corrected chi connectivity index (χ4v) is 9.23. The number of hydrogen-bond donors (Lipinski definition) is 0. The minimum Gasteiger partial charge on any atom is -0.462 e. The van der Waals surface area contributed by atoms with Crippen LogP contribution in [0.4, 0.5) is 0 Å². The number of carbonyl (C=O) groups excluding carboxylic acids is 2. The van der Waals surface area contributed by atoms with Crippen LogP contribution in [0.2, 0.25) is 0 Å². The first-order valence-corrected chi connectivity index (χ1v) is 31.2. The predicted octanol–water partition coefficient (Wildman–Crippen LogP) is 21.5. The van der Waals surface area contributed by atoms with E-state index in [4.69, 9.17) is 14.2 Å². The van der Waals surface area contributed by atoms with Crippen molar-refractivity contribution in [3.63, 3.8) is 0 Å². The van der Waals surface area contributed by atoms with E-state index in [0.29, 0.717) is 19.4 Å². The molecular weight excluding hydrogens is 861 g/mol. The van der Waals surface area contributed by atoms with Gasteiger partial charge in [0.2, 0.25) is 0 Å². The summed E-state index contributed by atoms with van der Waals surface area (Å²) in [6.45, 7) is 7.77. The molecule has 1 unspecified atom stereocenters. The second-order valence-electron chi connectivity index (χ2n) is 20.9. The van der Waals surface area contributed by atoms with Crippen LogP contribution in [0.5, 0.6) is 0 Å². The molecule has 410 valence electrons. The van der Waals surface area contributed by atoms with Gasteiger partial charge in [-0.3, -0.25) is 9.59 Å². The maximum Gasteiger partial charge on any atom is 0.306 e. The van der Waals surface area contributed by atoms with Gasteiger partial charge in [-0.05, 0) is 77.0 Å². The van der Waals surface area contributed by atoms with Gasteiger partial charge in [0.15, 0.2) is 6.10 Å². The molecule has 0 saturated heterocycles. The second-order valence-corrected chi connectivity index (χ2v) is 20.9. The molecule has 0 aliphatic heterocycles. The van der Waals surface area contributed by atoms with Gasteiger partial charge >= 0.3 is 11.9 Å². The highest BCUT2D eigenvalue weighted by Gasteiger charge is 2.18. The smallest absolute Gasteiger partial charge is 0.306 e. The molecule has 0 rings (SSSR count). The summed E-state index contributed by atoms with van der Waals surface area (Å²) >= 11 is 0. The Hall–Kier alpha value is -2.14. The highest BCUT2D eigenvalue weighted by Crippen LogP contribution is 2.17. The molecule has 0 bridgehead atoms. The van der Waals surface area contributed by atoms with Crippen LogP contribution in [0.1, 0.15) is 329 Å². The quantitative estimate of drug-likeness (QED) is 0.0345. The Bertz CT molecular complexity index is 1150. The largest absolute Gasteiger partial charge is 0.462 e. The molecule has 5 nitrogen and oxygen atoms in total. The lowest BCUT2D eigenvalue weighted by Crippen LogP contribution is -2.30. The van der Waals surface area contributed by atoms with Gasteiger partial charge in [-0.15, -0.1) is 0 Å². The molecule has 0 fully saturated rings.